The molecule has 2 aromatic heterocycles. The second kappa shape index (κ2) is 8.18. The molecule has 2 heterocycles. The lowest BCUT2D eigenvalue weighted by Crippen LogP contribution is -2.28. The van der Waals surface area contributed by atoms with Crippen molar-refractivity contribution < 1.29 is 5.11 Å². The first-order valence-electron chi connectivity index (χ1n) is 7.42. The van der Waals surface area contributed by atoms with E-state index >= 15 is 0 Å². The number of imidazole rings is 1. The van der Waals surface area contributed by atoms with E-state index in [1.54, 1.807) is 12.5 Å². The molecule has 0 aliphatic heterocycles. The van der Waals surface area contributed by atoms with Gasteiger partial charge in [0, 0.05) is 38.6 Å². The summed E-state index contributed by atoms with van der Waals surface area (Å²) in [5, 5.41) is 12.3. The minimum absolute atomic E-state index is 0.0605. The molecule has 0 aliphatic carbocycles. The van der Waals surface area contributed by atoms with Crippen molar-refractivity contribution >= 4 is 17.3 Å². The maximum absolute atomic E-state index is 9.10. The van der Waals surface area contributed by atoms with Gasteiger partial charge >= 0.3 is 0 Å². The Hall–Kier alpha value is -2.35. The van der Waals surface area contributed by atoms with Crippen LogP contribution in [0.25, 0.3) is 0 Å². The topological polar surface area (TPSA) is 105 Å². The van der Waals surface area contributed by atoms with Crippen LogP contribution in [0.15, 0.2) is 25.0 Å². The molecule has 8 nitrogen and oxygen atoms in total. The molecular formula is C14H23N7O. The minimum atomic E-state index is 0.0605. The Bertz CT molecular complexity index is 558. The van der Waals surface area contributed by atoms with Crippen LogP contribution in [-0.4, -0.2) is 50.9 Å². The summed E-state index contributed by atoms with van der Waals surface area (Å²) in [4.78, 5) is 14.4. The van der Waals surface area contributed by atoms with Gasteiger partial charge in [-0.05, 0) is 13.3 Å². The fourth-order valence-corrected chi connectivity index (χ4v) is 2.20. The summed E-state index contributed by atoms with van der Waals surface area (Å²) in [5.74, 6) is 1.29. The molecule has 0 aromatic carbocycles. The van der Waals surface area contributed by atoms with Crippen LogP contribution in [0.4, 0.5) is 17.3 Å². The summed E-state index contributed by atoms with van der Waals surface area (Å²) in [6.45, 7) is 4.92. The molecule has 8 heteroatoms. The van der Waals surface area contributed by atoms with Crippen molar-refractivity contribution in [2.75, 3.05) is 42.2 Å². The number of aliphatic hydroxyl groups is 1. The van der Waals surface area contributed by atoms with E-state index in [2.05, 4.69) is 20.3 Å². The van der Waals surface area contributed by atoms with Gasteiger partial charge in [-0.2, -0.15) is 0 Å². The molecule has 0 unspecified atom stereocenters. The van der Waals surface area contributed by atoms with E-state index in [0.29, 0.717) is 23.9 Å². The number of nitrogens with one attached hydrogen (secondary N) is 1. The van der Waals surface area contributed by atoms with Crippen LogP contribution in [0.5, 0.6) is 0 Å². The molecule has 0 aliphatic rings. The Morgan fingerprint density at radius 1 is 1.41 bits per heavy atom. The number of aryl methyl sites for hydroxylation is 1. The van der Waals surface area contributed by atoms with Gasteiger partial charge in [0.15, 0.2) is 11.6 Å². The first kappa shape index (κ1) is 16.0. The van der Waals surface area contributed by atoms with Gasteiger partial charge in [0.05, 0.1) is 12.9 Å². The van der Waals surface area contributed by atoms with Crippen LogP contribution in [0.1, 0.15) is 13.3 Å². The summed E-state index contributed by atoms with van der Waals surface area (Å²) in [7, 11) is 0. The van der Waals surface area contributed by atoms with Gasteiger partial charge in [-0.1, -0.05) is 0 Å². The Morgan fingerprint density at radius 2 is 2.27 bits per heavy atom. The zero-order valence-corrected chi connectivity index (χ0v) is 12.8. The number of anilines is 3. The van der Waals surface area contributed by atoms with E-state index in [1.807, 2.05) is 22.6 Å². The summed E-state index contributed by atoms with van der Waals surface area (Å²) in [6, 6.07) is 0. The van der Waals surface area contributed by atoms with Crippen LogP contribution in [-0.2, 0) is 6.54 Å². The summed E-state index contributed by atoms with van der Waals surface area (Å²) in [6.07, 6.45) is 7.92. The third-order valence-corrected chi connectivity index (χ3v) is 3.36. The van der Waals surface area contributed by atoms with E-state index in [-0.39, 0.29) is 6.61 Å². The normalized spacial score (nSPS) is 10.6. The molecule has 2 aromatic rings. The van der Waals surface area contributed by atoms with E-state index in [4.69, 9.17) is 10.8 Å². The molecule has 0 amide bonds. The highest BCUT2D eigenvalue weighted by Gasteiger charge is 2.13. The lowest BCUT2D eigenvalue weighted by molar-refractivity contribution is 0.302. The molecule has 22 heavy (non-hydrogen) atoms. The second-order valence-electron chi connectivity index (χ2n) is 4.84. The van der Waals surface area contributed by atoms with Crippen molar-refractivity contribution in [3.63, 3.8) is 0 Å². The van der Waals surface area contributed by atoms with E-state index in [0.717, 1.165) is 26.1 Å². The molecule has 0 bridgehead atoms. The summed E-state index contributed by atoms with van der Waals surface area (Å²) in [5.41, 5.74) is 6.66. The van der Waals surface area contributed by atoms with Gasteiger partial charge < -0.3 is 25.6 Å². The predicted octanol–water partition coefficient (Wildman–Crippen LogP) is 0.576. The Kier molecular flexibility index (Phi) is 5.96. The van der Waals surface area contributed by atoms with Gasteiger partial charge in [0.25, 0.3) is 0 Å². The van der Waals surface area contributed by atoms with Gasteiger partial charge in [-0.25, -0.2) is 15.0 Å². The molecule has 120 valence electrons. The molecule has 0 saturated carbocycles. The largest absolute Gasteiger partial charge is 0.395 e. The maximum atomic E-state index is 9.10. The van der Waals surface area contributed by atoms with Crippen molar-refractivity contribution in [3.05, 3.63) is 25.0 Å². The first-order valence-corrected chi connectivity index (χ1v) is 7.42. The highest BCUT2D eigenvalue weighted by molar-refractivity contribution is 5.74. The van der Waals surface area contributed by atoms with Crippen molar-refractivity contribution in [1.29, 1.82) is 0 Å². The monoisotopic (exact) mass is 305 g/mol. The zero-order valence-electron chi connectivity index (χ0n) is 12.8. The van der Waals surface area contributed by atoms with Gasteiger partial charge in [0.2, 0.25) is 0 Å². The predicted molar refractivity (Wildman–Crippen MR) is 86.8 cm³/mol. The van der Waals surface area contributed by atoms with Crippen LogP contribution >= 0.6 is 0 Å². The number of nitrogen functional groups attached to an aromatic ring is 1. The minimum Gasteiger partial charge on any atom is -0.395 e. The number of hydrogen-bond donors (Lipinski definition) is 3. The Morgan fingerprint density at radius 3 is 2.95 bits per heavy atom. The quantitative estimate of drug-likeness (QED) is 0.582. The van der Waals surface area contributed by atoms with Crippen molar-refractivity contribution in [2.45, 2.75) is 19.9 Å². The molecule has 0 atom stereocenters. The second-order valence-corrected chi connectivity index (χ2v) is 4.84. The lowest BCUT2D eigenvalue weighted by Gasteiger charge is -2.23. The van der Waals surface area contributed by atoms with Crippen molar-refractivity contribution in [2.24, 2.45) is 0 Å². The number of rotatable bonds is 9. The molecule has 4 N–H and O–H groups in total. The molecule has 2 rings (SSSR count). The fraction of sp³-hybridized carbons (Fsp3) is 0.500. The lowest BCUT2D eigenvalue weighted by atomic mass is 10.3. The number of likely N-dealkylation sites (N-methyl/N-ethyl adjacent to an activating group) is 1. The van der Waals surface area contributed by atoms with Crippen molar-refractivity contribution in [3.8, 4) is 0 Å². The number of hydrogen-bond acceptors (Lipinski definition) is 7. The van der Waals surface area contributed by atoms with Crippen LogP contribution in [0.2, 0.25) is 0 Å². The van der Waals surface area contributed by atoms with Crippen LogP contribution in [0.3, 0.4) is 0 Å². The van der Waals surface area contributed by atoms with Crippen molar-refractivity contribution in [1.82, 2.24) is 19.5 Å². The average molecular weight is 305 g/mol. The number of nitrogens with zero attached hydrogens (tertiary/aromatic N) is 5. The van der Waals surface area contributed by atoms with Crippen LogP contribution in [0, 0.1) is 0 Å². The van der Waals surface area contributed by atoms with Crippen LogP contribution < -0.4 is 16.0 Å². The molecule has 0 radical (unpaired) electrons. The van der Waals surface area contributed by atoms with Gasteiger partial charge in [0.1, 0.15) is 12.0 Å². The van der Waals surface area contributed by atoms with E-state index in [9.17, 15) is 0 Å². The van der Waals surface area contributed by atoms with E-state index in [1.165, 1.54) is 6.33 Å². The highest BCUT2D eigenvalue weighted by Crippen LogP contribution is 2.25. The Balaban J connectivity index is 1.93. The molecular weight excluding hydrogens is 282 g/mol. The standard InChI is InChI=1S/C14H23N7O/c1-2-21(8-9-22)14-12(15)13(18-10-19-14)17-4-3-6-20-7-5-16-11-20/h5,7,10-11,22H,2-4,6,8-9,15H2,1H3,(H,17,18,19). The number of aliphatic hydroxyl groups excluding tert-OH is 1. The zero-order chi connectivity index (χ0) is 15.8. The first-order chi connectivity index (χ1) is 10.8. The third-order valence-electron chi connectivity index (χ3n) is 3.36. The SMILES string of the molecule is CCN(CCO)c1ncnc(NCCCn2ccnc2)c1N. The highest BCUT2D eigenvalue weighted by atomic mass is 16.3. The third kappa shape index (κ3) is 4.08. The fourth-order valence-electron chi connectivity index (χ4n) is 2.20. The summed E-state index contributed by atoms with van der Waals surface area (Å²) >= 11 is 0. The van der Waals surface area contributed by atoms with Gasteiger partial charge in [-0.15, -0.1) is 0 Å². The Labute approximate surface area is 130 Å². The molecule has 0 saturated heterocycles. The average Bonchev–Trinajstić information content (AvgIpc) is 3.04. The summed E-state index contributed by atoms with van der Waals surface area (Å²) < 4.78 is 2.02. The smallest absolute Gasteiger partial charge is 0.157 e. The van der Waals surface area contributed by atoms with Gasteiger partial charge in [-0.3, -0.25) is 0 Å². The number of aromatic nitrogens is 4. The van der Waals surface area contributed by atoms with E-state index < -0.39 is 0 Å². The molecule has 0 fully saturated rings. The maximum Gasteiger partial charge on any atom is 0.157 e. The molecule has 0 spiro atoms. The number of nitrogens with two attached hydrogens (primary N) is 1.